The highest BCUT2D eigenvalue weighted by molar-refractivity contribution is 7.89. The molecule has 152 valence electrons. The van der Waals surface area contributed by atoms with Crippen molar-refractivity contribution in [2.45, 2.75) is 37.5 Å². The molecule has 0 spiro atoms. The molecule has 0 bridgehead atoms. The number of piperazine rings is 1. The van der Waals surface area contributed by atoms with Gasteiger partial charge in [-0.2, -0.15) is 4.31 Å². The number of ether oxygens (including phenoxy) is 1. The van der Waals surface area contributed by atoms with Crippen LogP contribution in [0, 0.1) is 11.8 Å². The van der Waals surface area contributed by atoms with Gasteiger partial charge in [0.1, 0.15) is 0 Å². The van der Waals surface area contributed by atoms with Gasteiger partial charge in [-0.1, -0.05) is 13.0 Å². The molecule has 28 heavy (non-hydrogen) atoms. The molecule has 1 saturated heterocycles. The summed E-state index contributed by atoms with van der Waals surface area (Å²) in [5, 5.41) is 0. The molecule has 2 aliphatic carbocycles. The SMILES string of the molecule is C[C@@H]1C[C@@H]1C(=O)OCC(=O)N1CCN(S(=O)(=O)c2ccc3c(c2)CCC3)CC1. The molecule has 0 N–H and O–H groups in total. The lowest BCUT2D eigenvalue weighted by molar-refractivity contribution is -0.153. The average molecular weight is 407 g/mol. The number of rotatable bonds is 5. The van der Waals surface area contributed by atoms with E-state index < -0.39 is 10.0 Å². The Morgan fingerprint density at radius 3 is 2.46 bits per heavy atom. The Kier molecular flexibility index (Phi) is 5.18. The first-order chi connectivity index (χ1) is 13.4. The van der Waals surface area contributed by atoms with Gasteiger partial charge in [-0.3, -0.25) is 9.59 Å². The number of hydrogen-bond donors (Lipinski definition) is 0. The van der Waals surface area contributed by atoms with E-state index in [0.29, 0.717) is 23.9 Å². The van der Waals surface area contributed by atoms with E-state index in [0.717, 1.165) is 31.2 Å². The van der Waals surface area contributed by atoms with Crippen molar-refractivity contribution in [1.82, 2.24) is 9.21 Å². The van der Waals surface area contributed by atoms with Crippen LogP contribution < -0.4 is 0 Å². The molecule has 1 saturated carbocycles. The summed E-state index contributed by atoms with van der Waals surface area (Å²) in [7, 11) is -3.56. The molecule has 8 heteroatoms. The number of fused-ring (bicyclic) bond motifs is 1. The van der Waals surface area contributed by atoms with Gasteiger partial charge in [0, 0.05) is 26.2 Å². The summed E-state index contributed by atoms with van der Waals surface area (Å²) in [6.07, 6.45) is 3.84. The predicted molar refractivity (Wildman–Crippen MR) is 102 cm³/mol. The van der Waals surface area contributed by atoms with Crippen molar-refractivity contribution in [3.8, 4) is 0 Å². The van der Waals surface area contributed by atoms with Crippen LogP contribution in [0.5, 0.6) is 0 Å². The summed E-state index contributed by atoms with van der Waals surface area (Å²) < 4.78 is 32.4. The van der Waals surface area contributed by atoms with Crippen LogP contribution in [0.4, 0.5) is 0 Å². The first-order valence-corrected chi connectivity index (χ1v) is 11.4. The van der Waals surface area contributed by atoms with E-state index >= 15 is 0 Å². The molecule has 0 unspecified atom stereocenters. The van der Waals surface area contributed by atoms with Crippen LogP contribution in [0.25, 0.3) is 0 Å². The van der Waals surface area contributed by atoms with Crippen LogP contribution in [-0.2, 0) is 37.2 Å². The minimum atomic E-state index is -3.56. The van der Waals surface area contributed by atoms with Gasteiger partial charge in [-0.05, 0) is 54.9 Å². The van der Waals surface area contributed by atoms with Crippen LogP contribution in [0.1, 0.15) is 30.9 Å². The van der Waals surface area contributed by atoms with Crippen LogP contribution in [0.3, 0.4) is 0 Å². The van der Waals surface area contributed by atoms with Crippen molar-refractivity contribution < 1.29 is 22.7 Å². The second-order valence-electron chi connectivity index (χ2n) is 8.00. The van der Waals surface area contributed by atoms with E-state index in [4.69, 9.17) is 4.74 Å². The Balaban J connectivity index is 1.32. The lowest BCUT2D eigenvalue weighted by Crippen LogP contribution is -2.51. The molecule has 7 nitrogen and oxygen atoms in total. The number of amides is 1. The summed E-state index contributed by atoms with van der Waals surface area (Å²) in [6.45, 7) is 2.83. The van der Waals surface area contributed by atoms with Gasteiger partial charge in [0.15, 0.2) is 6.61 Å². The third-order valence-corrected chi connectivity index (χ3v) is 7.94. The topological polar surface area (TPSA) is 84.0 Å². The highest BCUT2D eigenvalue weighted by Gasteiger charge is 2.41. The van der Waals surface area contributed by atoms with Crippen LogP contribution in [0.15, 0.2) is 23.1 Å². The average Bonchev–Trinajstić information content (AvgIpc) is 3.24. The van der Waals surface area contributed by atoms with Crippen LogP contribution in [-0.4, -0.2) is 62.3 Å². The van der Waals surface area contributed by atoms with Crippen molar-refractivity contribution in [3.05, 3.63) is 29.3 Å². The van der Waals surface area contributed by atoms with Crippen molar-refractivity contribution in [1.29, 1.82) is 0 Å². The molecule has 0 radical (unpaired) electrons. The van der Waals surface area contributed by atoms with E-state index in [1.165, 1.54) is 9.87 Å². The Morgan fingerprint density at radius 1 is 1.11 bits per heavy atom. The molecule has 1 aliphatic heterocycles. The molecule has 0 aromatic heterocycles. The van der Waals surface area contributed by atoms with Gasteiger partial charge in [-0.25, -0.2) is 8.42 Å². The lowest BCUT2D eigenvalue weighted by Gasteiger charge is -2.34. The molecule has 1 aromatic carbocycles. The third-order valence-electron chi connectivity index (χ3n) is 6.05. The van der Waals surface area contributed by atoms with Crippen LogP contribution >= 0.6 is 0 Å². The first-order valence-electron chi connectivity index (χ1n) is 9.92. The first kappa shape index (κ1) is 19.4. The van der Waals surface area contributed by atoms with Gasteiger partial charge in [0.25, 0.3) is 5.91 Å². The van der Waals surface area contributed by atoms with E-state index in [9.17, 15) is 18.0 Å². The Morgan fingerprint density at radius 2 is 1.79 bits per heavy atom. The van der Waals surface area contributed by atoms with Crippen molar-refractivity contribution in [3.63, 3.8) is 0 Å². The van der Waals surface area contributed by atoms with Gasteiger partial charge in [0.05, 0.1) is 10.8 Å². The van der Waals surface area contributed by atoms with Gasteiger partial charge < -0.3 is 9.64 Å². The zero-order valence-corrected chi connectivity index (χ0v) is 16.9. The second kappa shape index (κ2) is 7.48. The maximum atomic E-state index is 12.9. The van der Waals surface area contributed by atoms with E-state index in [2.05, 4.69) is 0 Å². The Bertz CT molecular complexity index is 890. The number of benzene rings is 1. The molecule has 4 rings (SSSR count). The largest absolute Gasteiger partial charge is 0.455 e. The van der Waals surface area contributed by atoms with E-state index in [1.54, 1.807) is 17.0 Å². The maximum Gasteiger partial charge on any atom is 0.309 e. The zero-order valence-electron chi connectivity index (χ0n) is 16.1. The molecule has 1 amide bonds. The third kappa shape index (κ3) is 3.80. The monoisotopic (exact) mass is 406 g/mol. The molecule has 1 heterocycles. The molecule has 1 aromatic rings. The predicted octanol–water partition coefficient (Wildman–Crippen LogP) is 1.21. The van der Waals surface area contributed by atoms with E-state index in [-0.39, 0.29) is 37.5 Å². The van der Waals surface area contributed by atoms with Crippen molar-refractivity contribution in [2.75, 3.05) is 32.8 Å². The fourth-order valence-corrected chi connectivity index (χ4v) is 5.49. The quantitative estimate of drug-likeness (QED) is 0.687. The normalized spacial score (nSPS) is 24.7. The number of carbonyl (C=O) groups excluding carboxylic acids is 2. The summed E-state index contributed by atoms with van der Waals surface area (Å²) in [5.41, 5.74) is 2.37. The Labute approximate surface area is 165 Å². The minimum absolute atomic E-state index is 0.0675. The number of aryl methyl sites for hydroxylation is 2. The highest BCUT2D eigenvalue weighted by Crippen LogP contribution is 2.38. The summed E-state index contributed by atoms with van der Waals surface area (Å²) in [4.78, 5) is 25.9. The fourth-order valence-electron chi connectivity index (χ4n) is 4.02. The van der Waals surface area contributed by atoms with Crippen molar-refractivity contribution >= 4 is 21.9 Å². The Hall–Kier alpha value is -1.93. The van der Waals surface area contributed by atoms with Crippen LogP contribution in [0.2, 0.25) is 0 Å². The highest BCUT2D eigenvalue weighted by atomic mass is 32.2. The number of carbonyl (C=O) groups is 2. The molecular weight excluding hydrogens is 380 g/mol. The van der Waals surface area contributed by atoms with Gasteiger partial charge >= 0.3 is 5.97 Å². The lowest BCUT2D eigenvalue weighted by atomic mass is 10.1. The summed E-state index contributed by atoms with van der Waals surface area (Å²) >= 11 is 0. The smallest absolute Gasteiger partial charge is 0.309 e. The number of hydrogen-bond acceptors (Lipinski definition) is 5. The van der Waals surface area contributed by atoms with Gasteiger partial charge in [0.2, 0.25) is 10.0 Å². The maximum absolute atomic E-state index is 12.9. The summed E-state index contributed by atoms with van der Waals surface area (Å²) in [6, 6.07) is 5.41. The standard InChI is InChI=1S/C20H26N2O5S/c1-14-11-18(14)20(24)27-13-19(23)21-7-9-22(10-8-21)28(25,26)17-6-5-15-3-2-4-16(15)12-17/h5-6,12,14,18H,2-4,7-11,13H2,1H3/t14-,18+/m1/s1. The summed E-state index contributed by atoms with van der Waals surface area (Å²) in [5.74, 6) is -0.299. The molecule has 2 atom stereocenters. The van der Waals surface area contributed by atoms with Crippen molar-refractivity contribution in [2.24, 2.45) is 11.8 Å². The zero-order chi connectivity index (χ0) is 19.9. The molecule has 2 fully saturated rings. The number of sulfonamides is 1. The minimum Gasteiger partial charge on any atom is -0.455 e. The fraction of sp³-hybridized carbons (Fsp3) is 0.600. The number of nitrogens with zero attached hydrogens (tertiary/aromatic N) is 2. The number of esters is 1. The molecular formula is C20H26N2O5S. The second-order valence-corrected chi connectivity index (χ2v) is 9.93. The molecule has 3 aliphatic rings. The van der Waals surface area contributed by atoms with Gasteiger partial charge in [-0.15, -0.1) is 0 Å². The van der Waals surface area contributed by atoms with E-state index in [1.807, 2.05) is 13.0 Å².